The minimum absolute atomic E-state index is 0.594. The number of hydrogen-bond donors (Lipinski definition) is 0. The minimum Gasteiger partial charge on any atom is -0.454 e. The number of benzene rings is 8. The Labute approximate surface area is 302 Å². The summed E-state index contributed by atoms with van der Waals surface area (Å²) in [6.45, 7) is 0. The Morgan fingerprint density at radius 3 is 1.87 bits per heavy atom. The Balaban J connectivity index is 1.34. The van der Waals surface area contributed by atoms with E-state index in [4.69, 9.17) is 14.4 Å². The van der Waals surface area contributed by atoms with Gasteiger partial charge in [-0.05, 0) is 47.2 Å². The van der Waals surface area contributed by atoms with Gasteiger partial charge in [-0.1, -0.05) is 133 Å². The molecule has 0 fully saturated rings. The summed E-state index contributed by atoms with van der Waals surface area (Å²) >= 11 is 0. The maximum atomic E-state index is 6.82. The van der Waals surface area contributed by atoms with Crippen molar-refractivity contribution >= 4 is 87.2 Å². The maximum Gasteiger partial charge on any atom is 0.236 e. The van der Waals surface area contributed by atoms with E-state index in [0.29, 0.717) is 5.95 Å². The Kier molecular flexibility index (Phi) is 5.71. The standard InChI is InChI=1S/C48H28N4O/c1-3-14-30(15-4-1)43-42-32-18-8-7-13-29(32)23-28-39(42)49-48(50-43)52-45-36(37-26-27-38-34-20-10-12-22-41(34)53-47(38)46(37)52)25-24-35-33-19-9-11-21-40(33)51(44(35)45)31-16-5-2-6-17-31/h1-28H. The van der Waals surface area contributed by atoms with Crippen molar-refractivity contribution in [3.05, 3.63) is 170 Å². The van der Waals surface area contributed by atoms with Crippen LogP contribution in [0.25, 0.3) is 110 Å². The maximum absolute atomic E-state index is 6.82. The second-order valence-corrected chi connectivity index (χ2v) is 13.7. The van der Waals surface area contributed by atoms with Crippen molar-refractivity contribution in [1.82, 2.24) is 19.1 Å². The van der Waals surface area contributed by atoms with Gasteiger partial charge in [0.2, 0.25) is 5.95 Å². The van der Waals surface area contributed by atoms with Crippen molar-refractivity contribution in [1.29, 1.82) is 0 Å². The lowest BCUT2D eigenvalue weighted by Crippen LogP contribution is -2.05. The summed E-state index contributed by atoms with van der Waals surface area (Å²) in [6, 6.07) is 59.9. The van der Waals surface area contributed by atoms with Gasteiger partial charge in [0.05, 0.1) is 27.8 Å². The molecule has 5 nitrogen and oxygen atoms in total. The van der Waals surface area contributed by atoms with Crippen LogP contribution in [0.2, 0.25) is 0 Å². The van der Waals surface area contributed by atoms with Gasteiger partial charge >= 0.3 is 0 Å². The highest BCUT2D eigenvalue weighted by Crippen LogP contribution is 2.45. The third kappa shape index (κ3) is 3.91. The van der Waals surface area contributed by atoms with Crippen molar-refractivity contribution in [2.45, 2.75) is 0 Å². The van der Waals surface area contributed by atoms with E-state index >= 15 is 0 Å². The van der Waals surface area contributed by atoms with Crippen LogP contribution < -0.4 is 0 Å². The average molecular weight is 677 g/mol. The third-order valence-corrected chi connectivity index (χ3v) is 10.9. The van der Waals surface area contributed by atoms with Crippen LogP contribution in [0, 0.1) is 0 Å². The van der Waals surface area contributed by atoms with Gasteiger partial charge in [-0.15, -0.1) is 0 Å². The molecule has 0 atom stereocenters. The quantitative estimate of drug-likeness (QED) is 0.175. The first-order valence-electron chi connectivity index (χ1n) is 17.9. The lowest BCUT2D eigenvalue weighted by molar-refractivity contribution is 0.671. The molecule has 0 saturated carbocycles. The van der Waals surface area contributed by atoms with Gasteiger partial charge in [0.1, 0.15) is 11.1 Å². The smallest absolute Gasteiger partial charge is 0.236 e. The van der Waals surface area contributed by atoms with E-state index in [1.54, 1.807) is 0 Å². The van der Waals surface area contributed by atoms with Crippen LogP contribution in [0.5, 0.6) is 0 Å². The highest BCUT2D eigenvalue weighted by molar-refractivity contribution is 6.28. The molecule has 4 aromatic heterocycles. The van der Waals surface area contributed by atoms with E-state index in [1.807, 2.05) is 12.1 Å². The molecule has 0 amide bonds. The number of nitrogens with zero attached hydrogens (tertiary/aromatic N) is 4. The van der Waals surface area contributed by atoms with Gasteiger partial charge in [-0.2, -0.15) is 0 Å². The molecule has 0 aliphatic rings. The Hall–Kier alpha value is -7.24. The fraction of sp³-hybridized carbons (Fsp3) is 0. The van der Waals surface area contributed by atoms with E-state index in [1.165, 1.54) is 5.39 Å². The Morgan fingerprint density at radius 1 is 0.415 bits per heavy atom. The molecule has 0 N–H and O–H groups in total. The first-order chi connectivity index (χ1) is 26.3. The Bertz CT molecular complexity index is 3450. The molecule has 12 rings (SSSR count). The van der Waals surface area contributed by atoms with E-state index < -0.39 is 0 Å². The highest BCUT2D eigenvalue weighted by Gasteiger charge is 2.26. The molecular formula is C48H28N4O. The third-order valence-electron chi connectivity index (χ3n) is 10.9. The van der Waals surface area contributed by atoms with Crippen LogP contribution in [0.3, 0.4) is 0 Å². The number of furan rings is 1. The average Bonchev–Trinajstić information content (AvgIpc) is 3.89. The predicted octanol–water partition coefficient (Wildman–Crippen LogP) is 12.5. The molecule has 4 heterocycles. The van der Waals surface area contributed by atoms with Crippen LogP contribution in [-0.4, -0.2) is 19.1 Å². The lowest BCUT2D eigenvalue weighted by Gasteiger charge is -2.15. The van der Waals surface area contributed by atoms with Crippen molar-refractivity contribution in [2.75, 3.05) is 0 Å². The van der Waals surface area contributed by atoms with Crippen LogP contribution in [0.1, 0.15) is 0 Å². The first-order valence-corrected chi connectivity index (χ1v) is 17.9. The zero-order valence-electron chi connectivity index (χ0n) is 28.4. The van der Waals surface area contributed by atoms with Crippen molar-refractivity contribution in [2.24, 2.45) is 0 Å². The molecule has 246 valence electrons. The van der Waals surface area contributed by atoms with Crippen molar-refractivity contribution in [3.63, 3.8) is 0 Å². The fourth-order valence-corrected chi connectivity index (χ4v) is 8.65. The SMILES string of the molecule is c1ccc(-c2nc(-n3c4c(ccc5c6ccccc6oc54)c4ccc5c6ccccc6n(-c6ccccc6)c5c43)nc3ccc4ccccc4c23)cc1. The molecule has 0 aliphatic heterocycles. The monoisotopic (exact) mass is 676 g/mol. The summed E-state index contributed by atoms with van der Waals surface area (Å²) < 4.78 is 11.5. The predicted molar refractivity (Wildman–Crippen MR) is 218 cm³/mol. The summed E-state index contributed by atoms with van der Waals surface area (Å²) in [7, 11) is 0. The molecule has 8 aromatic carbocycles. The molecule has 12 aromatic rings. The van der Waals surface area contributed by atoms with E-state index in [2.05, 4.69) is 167 Å². The number of para-hydroxylation sites is 3. The fourth-order valence-electron chi connectivity index (χ4n) is 8.65. The molecule has 0 saturated heterocycles. The van der Waals surface area contributed by atoms with E-state index in [-0.39, 0.29) is 0 Å². The van der Waals surface area contributed by atoms with Crippen LogP contribution in [0.15, 0.2) is 174 Å². The second kappa shape index (κ2) is 10.6. The molecule has 0 spiro atoms. The lowest BCUT2D eigenvalue weighted by atomic mass is 10.0. The molecule has 0 bridgehead atoms. The number of rotatable bonds is 3. The van der Waals surface area contributed by atoms with Gasteiger partial charge in [0.25, 0.3) is 0 Å². The summed E-state index contributed by atoms with van der Waals surface area (Å²) in [5, 5.41) is 10.0. The normalized spacial score (nSPS) is 12.2. The minimum atomic E-state index is 0.594. The van der Waals surface area contributed by atoms with Gasteiger partial charge in [-0.25, -0.2) is 9.97 Å². The van der Waals surface area contributed by atoms with Crippen molar-refractivity contribution in [3.8, 4) is 22.9 Å². The van der Waals surface area contributed by atoms with Crippen LogP contribution in [0.4, 0.5) is 0 Å². The zero-order chi connectivity index (χ0) is 34.6. The largest absolute Gasteiger partial charge is 0.454 e. The van der Waals surface area contributed by atoms with E-state index in [0.717, 1.165) is 98.8 Å². The second-order valence-electron chi connectivity index (χ2n) is 13.7. The molecule has 0 unspecified atom stereocenters. The van der Waals surface area contributed by atoms with Gasteiger partial charge in [0.15, 0.2) is 5.58 Å². The summed E-state index contributed by atoms with van der Waals surface area (Å²) in [5.74, 6) is 0.594. The zero-order valence-corrected chi connectivity index (χ0v) is 28.4. The first kappa shape index (κ1) is 28.5. The van der Waals surface area contributed by atoms with Crippen LogP contribution >= 0.6 is 0 Å². The topological polar surface area (TPSA) is 48.8 Å². The number of aromatic nitrogens is 4. The number of fused-ring (bicyclic) bond motifs is 14. The number of hydrogen-bond acceptors (Lipinski definition) is 3. The summed E-state index contributed by atoms with van der Waals surface area (Å²) in [4.78, 5) is 11.1. The highest BCUT2D eigenvalue weighted by atomic mass is 16.3. The molecule has 0 radical (unpaired) electrons. The molecule has 0 aliphatic carbocycles. The van der Waals surface area contributed by atoms with Crippen LogP contribution in [-0.2, 0) is 0 Å². The van der Waals surface area contributed by atoms with E-state index in [9.17, 15) is 0 Å². The Morgan fingerprint density at radius 2 is 1.04 bits per heavy atom. The molecule has 5 heteroatoms. The van der Waals surface area contributed by atoms with Gasteiger partial charge < -0.3 is 8.98 Å². The van der Waals surface area contributed by atoms with Crippen molar-refractivity contribution < 1.29 is 4.42 Å². The molecular weight excluding hydrogens is 649 g/mol. The van der Waals surface area contributed by atoms with Gasteiger partial charge in [-0.3, -0.25) is 4.57 Å². The molecule has 53 heavy (non-hydrogen) atoms. The summed E-state index contributed by atoms with van der Waals surface area (Å²) in [5.41, 5.74) is 9.80. The van der Waals surface area contributed by atoms with Gasteiger partial charge in [0, 0.05) is 49.0 Å². The summed E-state index contributed by atoms with van der Waals surface area (Å²) in [6.07, 6.45) is 0.